The van der Waals surface area contributed by atoms with Gasteiger partial charge in [-0.15, -0.1) is 11.8 Å². The highest BCUT2D eigenvalue weighted by atomic mass is 32.2. The monoisotopic (exact) mass is 269 g/mol. The summed E-state index contributed by atoms with van der Waals surface area (Å²) in [6.07, 6.45) is 1.18. The summed E-state index contributed by atoms with van der Waals surface area (Å²) in [4.78, 5) is 22.3. The van der Waals surface area contributed by atoms with Gasteiger partial charge in [-0.1, -0.05) is 30.3 Å². The number of benzene rings is 1. The average molecular weight is 269 g/mol. The molecule has 1 amide bonds. The molecule has 1 aromatic rings. The predicted octanol–water partition coefficient (Wildman–Crippen LogP) is 1.78. The van der Waals surface area contributed by atoms with Gasteiger partial charge in [0.25, 0.3) is 0 Å². The Balaban J connectivity index is 2.16. The van der Waals surface area contributed by atoms with Crippen LogP contribution < -0.4 is 5.32 Å². The molecular formula is C12H15NO4S. The standard InChI is InChI=1S/C12H15NO4S/c1-18-9-17-11(14)7-13-12(15)16-8-10-5-3-2-4-6-10/h2-6H,7-9H2,1H3,(H,13,15). The topological polar surface area (TPSA) is 64.6 Å². The lowest BCUT2D eigenvalue weighted by atomic mass is 10.2. The van der Waals surface area contributed by atoms with Crippen molar-refractivity contribution in [3.63, 3.8) is 0 Å². The number of ether oxygens (including phenoxy) is 2. The summed E-state index contributed by atoms with van der Waals surface area (Å²) in [6, 6.07) is 9.29. The van der Waals surface area contributed by atoms with E-state index in [4.69, 9.17) is 9.47 Å². The smallest absolute Gasteiger partial charge is 0.407 e. The molecule has 0 spiro atoms. The number of carbonyl (C=O) groups excluding carboxylic acids is 2. The molecule has 0 heterocycles. The van der Waals surface area contributed by atoms with Crippen LogP contribution in [0.5, 0.6) is 0 Å². The van der Waals surface area contributed by atoms with Gasteiger partial charge in [-0.2, -0.15) is 0 Å². The maximum Gasteiger partial charge on any atom is 0.407 e. The van der Waals surface area contributed by atoms with Gasteiger partial charge in [0.2, 0.25) is 0 Å². The third kappa shape index (κ3) is 6.15. The second-order valence-electron chi connectivity index (χ2n) is 3.34. The summed E-state index contributed by atoms with van der Waals surface area (Å²) in [5.41, 5.74) is 0.887. The Morgan fingerprint density at radius 3 is 2.61 bits per heavy atom. The molecule has 0 aliphatic rings. The van der Waals surface area contributed by atoms with E-state index in [9.17, 15) is 9.59 Å². The number of carbonyl (C=O) groups is 2. The van der Waals surface area contributed by atoms with Crippen LogP contribution in [0.3, 0.4) is 0 Å². The molecule has 0 aliphatic carbocycles. The second-order valence-corrected chi connectivity index (χ2v) is 4.15. The van der Waals surface area contributed by atoms with E-state index in [0.717, 1.165) is 5.56 Å². The van der Waals surface area contributed by atoms with Gasteiger partial charge in [-0.3, -0.25) is 4.79 Å². The molecule has 0 aliphatic heterocycles. The molecule has 1 aromatic carbocycles. The Bertz CT molecular complexity index is 383. The van der Waals surface area contributed by atoms with Crippen molar-refractivity contribution < 1.29 is 19.1 Å². The Hall–Kier alpha value is -1.69. The number of alkyl carbamates (subject to hydrolysis) is 1. The largest absolute Gasteiger partial charge is 0.453 e. The first kappa shape index (κ1) is 14.4. The van der Waals surface area contributed by atoms with Gasteiger partial charge < -0.3 is 14.8 Å². The summed E-state index contributed by atoms with van der Waals surface area (Å²) in [5.74, 6) is -0.208. The van der Waals surface area contributed by atoms with E-state index in [1.54, 1.807) is 0 Å². The third-order valence-corrected chi connectivity index (χ3v) is 2.28. The van der Waals surface area contributed by atoms with Gasteiger partial charge in [0.05, 0.1) is 0 Å². The molecule has 1 N–H and O–H groups in total. The van der Waals surface area contributed by atoms with Gasteiger partial charge in [-0.25, -0.2) is 4.79 Å². The minimum absolute atomic E-state index is 0.173. The van der Waals surface area contributed by atoms with Crippen molar-refractivity contribution >= 4 is 23.8 Å². The van der Waals surface area contributed by atoms with E-state index in [2.05, 4.69) is 5.32 Å². The highest BCUT2D eigenvalue weighted by Gasteiger charge is 2.07. The summed E-state index contributed by atoms with van der Waals surface area (Å²) < 4.78 is 9.68. The highest BCUT2D eigenvalue weighted by molar-refractivity contribution is 7.98. The van der Waals surface area contributed by atoms with E-state index in [0.29, 0.717) is 0 Å². The fraction of sp³-hybridized carbons (Fsp3) is 0.333. The van der Waals surface area contributed by atoms with Crippen molar-refractivity contribution in [1.29, 1.82) is 0 Å². The first-order valence-corrected chi connectivity index (χ1v) is 6.71. The molecule has 0 saturated carbocycles. The number of rotatable bonds is 6. The number of amides is 1. The predicted molar refractivity (Wildman–Crippen MR) is 69.1 cm³/mol. The summed E-state index contributed by atoms with van der Waals surface area (Å²) >= 11 is 1.38. The zero-order chi connectivity index (χ0) is 13.2. The fourth-order valence-corrected chi connectivity index (χ4v) is 1.34. The normalized spacial score (nSPS) is 9.61. The first-order chi connectivity index (χ1) is 8.72. The molecule has 0 fully saturated rings. The summed E-state index contributed by atoms with van der Waals surface area (Å²) in [6.45, 7) is -0.0132. The number of hydrogen-bond donors (Lipinski definition) is 1. The lowest BCUT2D eigenvalue weighted by Crippen LogP contribution is -2.31. The number of hydrogen-bond acceptors (Lipinski definition) is 5. The van der Waals surface area contributed by atoms with Crippen molar-refractivity contribution in [2.24, 2.45) is 0 Å². The Labute approximate surface area is 110 Å². The van der Waals surface area contributed by atoms with E-state index >= 15 is 0 Å². The summed E-state index contributed by atoms with van der Waals surface area (Å²) in [7, 11) is 0. The molecule has 0 bridgehead atoms. The SMILES string of the molecule is CSCOC(=O)CNC(=O)OCc1ccccc1. The van der Waals surface area contributed by atoms with E-state index in [1.165, 1.54) is 11.8 Å². The van der Waals surface area contributed by atoms with Crippen molar-refractivity contribution in [2.45, 2.75) is 6.61 Å². The lowest BCUT2D eigenvalue weighted by Gasteiger charge is -2.06. The molecule has 0 unspecified atom stereocenters. The van der Waals surface area contributed by atoms with Crippen molar-refractivity contribution in [3.05, 3.63) is 35.9 Å². The molecule has 0 atom stereocenters. The molecule has 5 nitrogen and oxygen atoms in total. The quantitative estimate of drug-likeness (QED) is 0.630. The minimum Gasteiger partial charge on any atom is -0.453 e. The Morgan fingerprint density at radius 2 is 1.94 bits per heavy atom. The van der Waals surface area contributed by atoms with Gasteiger partial charge in [0, 0.05) is 0 Å². The van der Waals surface area contributed by atoms with E-state index < -0.39 is 12.1 Å². The highest BCUT2D eigenvalue weighted by Crippen LogP contribution is 2.00. The number of thioether (sulfide) groups is 1. The Kier molecular flexibility index (Phi) is 6.71. The summed E-state index contributed by atoms with van der Waals surface area (Å²) in [5, 5.41) is 2.32. The van der Waals surface area contributed by atoms with Crippen LogP contribution in [0.2, 0.25) is 0 Å². The molecule has 0 saturated heterocycles. The van der Waals surface area contributed by atoms with Crippen LogP contribution >= 0.6 is 11.8 Å². The fourth-order valence-electron chi connectivity index (χ4n) is 1.09. The maximum atomic E-state index is 11.2. The lowest BCUT2D eigenvalue weighted by molar-refractivity contribution is -0.140. The molecule has 1 rings (SSSR count). The zero-order valence-electron chi connectivity index (χ0n) is 10.0. The van der Waals surface area contributed by atoms with Gasteiger partial charge in [0.1, 0.15) is 19.1 Å². The van der Waals surface area contributed by atoms with Gasteiger partial charge in [0.15, 0.2) is 0 Å². The molecule has 18 heavy (non-hydrogen) atoms. The Morgan fingerprint density at radius 1 is 1.22 bits per heavy atom. The second kappa shape index (κ2) is 8.41. The molecule has 0 aromatic heterocycles. The van der Waals surface area contributed by atoms with Crippen LogP contribution in [0.25, 0.3) is 0 Å². The van der Waals surface area contributed by atoms with Gasteiger partial charge >= 0.3 is 12.1 Å². The zero-order valence-corrected chi connectivity index (χ0v) is 10.9. The van der Waals surface area contributed by atoms with Crippen LogP contribution in [-0.2, 0) is 20.9 Å². The third-order valence-electron chi connectivity index (χ3n) is 1.93. The molecule has 0 radical (unpaired) electrons. The van der Waals surface area contributed by atoms with Gasteiger partial charge in [-0.05, 0) is 11.8 Å². The van der Waals surface area contributed by atoms with Crippen LogP contribution in [0.1, 0.15) is 5.56 Å². The number of nitrogens with one attached hydrogen (secondary N) is 1. The van der Waals surface area contributed by atoms with E-state index in [1.807, 2.05) is 36.6 Å². The average Bonchev–Trinajstić information content (AvgIpc) is 2.41. The maximum absolute atomic E-state index is 11.2. The molecular weight excluding hydrogens is 254 g/mol. The van der Waals surface area contributed by atoms with Crippen LogP contribution in [-0.4, -0.2) is 30.8 Å². The van der Waals surface area contributed by atoms with Crippen LogP contribution in [0, 0.1) is 0 Å². The minimum atomic E-state index is -0.639. The van der Waals surface area contributed by atoms with Crippen LogP contribution in [0.4, 0.5) is 4.79 Å². The van der Waals surface area contributed by atoms with Crippen molar-refractivity contribution in [3.8, 4) is 0 Å². The van der Waals surface area contributed by atoms with Crippen molar-refractivity contribution in [1.82, 2.24) is 5.32 Å². The number of esters is 1. The van der Waals surface area contributed by atoms with E-state index in [-0.39, 0.29) is 19.1 Å². The first-order valence-electron chi connectivity index (χ1n) is 5.31. The van der Waals surface area contributed by atoms with Crippen LogP contribution in [0.15, 0.2) is 30.3 Å². The van der Waals surface area contributed by atoms with Crippen molar-refractivity contribution in [2.75, 3.05) is 18.7 Å². The molecule has 98 valence electrons. The molecule has 6 heteroatoms.